The second-order valence-corrected chi connectivity index (χ2v) is 9.76. The number of nitrogens with zero attached hydrogens (tertiary/aromatic N) is 3. The van der Waals surface area contributed by atoms with Crippen molar-refractivity contribution in [1.29, 1.82) is 0 Å². The Morgan fingerprint density at radius 3 is 2.62 bits per heavy atom. The molecule has 3 aliphatic heterocycles. The molecule has 2 aromatic rings. The van der Waals surface area contributed by atoms with Gasteiger partial charge in [0.05, 0.1) is 17.9 Å². The van der Waals surface area contributed by atoms with Crippen LogP contribution in [0.3, 0.4) is 0 Å². The highest BCUT2D eigenvalue weighted by Gasteiger charge is 2.31. The number of halogens is 1. The molecule has 1 amide bonds. The SMILES string of the molecule is CCc1c(C2CCN(CC(=O)c3cc4c5c(c3)CCC(=O)N5CCC4)CC2)noc1/C=C(\C)F. The fourth-order valence-electron chi connectivity index (χ4n) is 5.78. The van der Waals surface area contributed by atoms with Gasteiger partial charge in [0.15, 0.2) is 11.5 Å². The lowest BCUT2D eigenvalue weighted by molar-refractivity contribution is -0.119. The van der Waals surface area contributed by atoms with Crippen LogP contribution in [-0.2, 0) is 24.1 Å². The van der Waals surface area contributed by atoms with Gasteiger partial charge in [-0.1, -0.05) is 12.1 Å². The van der Waals surface area contributed by atoms with E-state index in [2.05, 4.69) is 10.1 Å². The molecule has 0 spiro atoms. The number of ketones is 1. The molecule has 180 valence electrons. The van der Waals surface area contributed by atoms with E-state index in [1.54, 1.807) is 0 Å². The number of aryl methyl sites for hydroxylation is 2. The molecule has 1 fully saturated rings. The Bertz CT molecular complexity index is 1120. The Balaban J connectivity index is 1.25. The first-order chi connectivity index (χ1) is 16.4. The van der Waals surface area contributed by atoms with Crippen LogP contribution >= 0.6 is 0 Å². The van der Waals surface area contributed by atoms with E-state index in [4.69, 9.17) is 4.52 Å². The monoisotopic (exact) mass is 465 g/mol. The van der Waals surface area contributed by atoms with E-state index in [1.165, 1.54) is 13.0 Å². The summed E-state index contributed by atoms with van der Waals surface area (Å²) in [4.78, 5) is 29.6. The molecule has 0 aliphatic carbocycles. The van der Waals surface area contributed by atoms with E-state index in [-0.39, 0.29) is 23.4 Å². The number of carbonyl (C=O) groups excluding carboxylic acids is 2. The van der Waals surface area contributed by atoms with Gasteiger partial charge in [0, 0.05) is 36.1 Å². The summed E-state index contributed by atoms with van der Waals surface area (Å²) in [5.41, 5.74) is 6.05. The first-order valence-electron chi connectivity index (χ1n) is 12.5. The number of carbonyl (C=O) groups is 2. The Labute approximate surface area is 199 Å². The Kier molecular flexibility index (Phi) is 6.38. The Morgan fingerprint density at radius 1 is 1.18 bits per heavy atom. The molecule has 0 radical (unpaired) electrons. The predicted octanol–water partition coefficient (Wildman–Crippen LogP) is 4.86. The summed E-state index contributed by atoms with van der Waals surface area (Å²) in [6.07, 6.45) is 7.09. The number of allylic oxidation sites excluding steroid dienone is 1. The van der Waals surface area contributed by atoms with Crippen LogP contribution in [0.1, 0.15) is 84.0 Å². The zero-order chi connectivity index (χ0) is 23.8. The van der Waals surface area contributed by atoms with E-state index < -0.39 is 0 Å². The van der Waals surface area contributed by atoms with Crippen molar-refractivity contribution >= 4 is 23.5 Å². The van der Waals surface area contributed by atoms with Gasteiger partial charge in [-0.2, -0.15) is 0 Å². The molecule has 0 bridgehead atoms. The Hall–Kier alpha value is -2.80. The van der Waals surface area contributed by atoms with Gasteiger partial charge in [-0.3, -0.25) is 14.5 Å². The van der Waals surface area contributed by atoms with Crippen molar-refractivity contribution in [2.45, 2.75) is 64.7 Å². The third-order valence-corrected chi connectivity index (χ3v) is 7.47. The minimum Gasteiger partial charge on any atom is -0.356 e. The van der Waals surface area contributed by atoms with Crippen molar-refractivity contribution in [2.24, 2.45) is 0 Å². The first kappa shape index (κ1) is 23.0. The molecule has 0 N–H and O–H groups in total. The molecule has 5 rings (SSSR count). The number of benzene rings is 1. The third kappa shape index (κ3) is 4.33. The van der Waals surface area contributed by atoms with Crippen molar-refractivity contribution < 1.29 is 18.5 Å². The molecule has 0 atom stereocenters. The fraction of sp³-hybridized carbons (Fsp3) is 0.519. The molecule has 3 aliphatic rings. The number of aromatic nitrogens is 1. The zero-order valence-corrected chi connectivity index (χ0v) is 20.0. The van der Waals surface area contributed by atoms with Gasteiger partial charge in [-0.05, 0) is 81.8 Å². The second-order valence-electron chi connectivity index (χ2n) is 9.76. The number of Topliss-reactive ketones (excluding diaryl/α,β-unsaturated/α-hetero) is 1. The molecule has 0 saturated carbocycles. The van der Waals surface area contributed by atoms with Crippen LogP contribution in [-0.4, -0.2) is 47.9 Å². The summed E-state index contributed by atoms with van der Waals surface area (Å²) >= 11 is 0. The summed E-state index contributed by atoms with van der Waals surface area (Å²) in [5, 5.41) is 4.27. The zero-order valence-electron chi connectivity index (χ0n) is 20.0. The van der Waals surface area contributed by atoms with E-state index in [1.807, 2.05) is 24.0 Å². The van der Waals surface area contributed by atoms with Crippen LogP contribution in [0, 0.1) is 0 Å². The summed E-state index contributed by atoms with van der Waals surface area (Å²) in [6.45, 7) is 6.28. The lowest BCUT2D eigenvalue weighted by Gasteiger charge is -2.35. The Morgan fingerprint density at radius 2 is 1.91 bits per heavy atom. The van der Waals surface area contributed by atoms with Crippen LogP contribution in [0.2, 0.25) is 0 Å². The van der Waals surface area contributed by atoms with Gasteiger partial charge in [0.25, 0.3) is 0 Å². The average Bonchev–Trinajstić information content (AvgIpc) is 3.23. The van der Waals surface area contributed by atoms with Crippen molar-refractivity contribution in [3.8, 4) is 0 Å². The first-order valence-corrected chi connectivity index (χ1v) is 12.5. The molecular formula is C27H32FN3O3. The van der Waals surface area contributed by atoms with Crippen molar-refractivity contribution in [3.63, 3.8) is 0 Å². The number of amides is 1. The number of hydrogen-bond acceptors (Lipinski definition) is 5. The van der Waals surface area contributed by atoms with Gasteiger partial charge in [-0.15, -0.1) is 0 Å². The number of likely N-dealkylation sites (tertiary alicyclic amines) is 1. The number of anilines is 1. The number of rotatable bonds is 6. The molecule has 6 nitrogen and oxygen atoms in total. The van der Waals surface area contributed by atoms with Crippen LogP contribution in [0.5, 0.6) is 0 Å². The average molecular weight is 466 g/mol. The lowest BCUT2D eigenvalue weighted by Crippen LogP contribution is -2.40. The molecule has 4 heterocycles. The normalized spacial score (nSPS) is 19.4. The number of piperidine rings is 1. The van der Waals surface area contributed by atoms with E-state index in [9.17, 15) is 14.0 Å². The van der Waals surface area contributed by atoms with E-state index in [0.717, 1.165) is 91.8 Å². The topological polar surface area (TPSA) is 66.7 Å². The highest BCUT2D eigenvalue weighted by Crippen LogP contribution is 2.37. The van der Waals surface area contributed by atoms with E-state index in [0.29, 0.717) is 18.7 Å². The summed E-state index contributed by atoms with van der Waals surface area (Å²) in [6, 6.07) is 4.03. The maximum atomic E-state index is 13.4. The third-order valence-electron chi connectivity index (χ3n) is 7.47. The minimum absolute atomic E-state index is 0.146. The number of hydrogen-bond donors (Lipinski definition) is 0. The second kappa shape index (κ2) is 9.45. The van der Waals surface area contributed by atoms with Crippen LogP contribution in [0.15, 0.2) is 22.5 Å². The smallest absolute Gasteiger partial charge is 0.227 e. The molecule has 34 heavy (non-hydrogen) atoms. The molecule has 7 heteroatoms. The summed E-state index contributed by atoms with van der Waals surface area (Å²) in [5.74, 6) is 0.849. The summed E-state index contributed by atoms with van der Waals surface area (Å²) in [7, 11) is 0. The minimum atomic E-state index is -0.290. The van der Waals surface area contributed by atoms with Crippen LogP contribution < -0.4 is 4.90 Å². The molecular weight excluding hydrogens is 433 g/mol. The van der Waals surface area contributed by atoms with Crippen molar-refractivity contribution in [3.05, 3.63) is 51.7 Å². The maximum Gasteiger partial charge on any atom is 0.227 e. The maximum absolute atomic E-state index is 13.4. The molecule has 1 saturated heterocycles. The molecule has 1 aromatic heterocycles. The molecule has 1 aromatic carbocycles. The van der Waals surface area contributed by atoms with Gasteiger partial charge in [0.2, 0.25) is 5.91 Å². The van der Waals surface area contributed by atoms with Gasteiger partial charge < -0.3 is 9.42 Å². The largest absolute Gasteiger partial charge is 0.356 e. The van der Waals surface area contributed by atoms with Crippen LogP contribution in [0.4, 0.5) is 10.1 Å². The predicted molar refractivity (Wildman–Crippen MR) is 129 cm³/mol. The molecule has 0 unspecified atom stereocenters. The van der Waals surface area contributed by atoms with Crippen molar-refractivity contribution in [2.75, 3.05) is 31.1 Å². The standard InChI is InChI=1S/C27H32FN3O3/c1-3-22-24(13-17(2)28)34-29-26(22)18-8-11-30(12-9-18)16-23(32)21-14-19-5-4-10-31-25(33)7-6-20(15-21)27(19)31/h13-15,18H,3-12,16H2,1-2H3/b17-13+. The quantitative estimate of drug-likeness (QED) is 0.571. The highest BCUT2D eigenvalue weighted by atomic mass is 19.1. The lowest BCUT2D eigenvalue weighted by atomic mass is 9.88. The van der Waals surface area contributed by atoms with Gasteiger partial charge in [-0.25, -0.2) is 4.39 Å². The fourth-order valence-corrected chi connectivity index (χ4v) is 5.78. The van der Waals surface area contributed by atoms with Gasteiger partial charge in [0.1, 0.15) is 5.83 Å². The highest BCUT2D eigenvalue weighted by molar-refractivity contribution is 6.02. The van der Waals surface area contributed by atoms with E-state index >= 15 is 0 Å². The van der Waals surface area contributed by atoms with Gasteiger partial charge >= 0.3 is 0 Å². The summed E-state index contributed by atoms with van der Waals surface area (Å²) < 4.78 is 18.8. The van der Waals surface area contributed by atoms with Crippen LogP contribution in [0.25, 0.3) is 6.08 Å². The van der Waals surface area contributed by atoms with Crippen molar-refractivity contribution in [1.82, 2.24) is 10.1 Å².